The van der Waals surface area contributed by atoms with E-state index in [0.29, 0.717) is 66.4 Å². The van der Waals surface area contributed by atoms with Crippen LogP contribution in [0.2, 0.25) is 0 Å². The van der Waals surface area contributed by atoms with Gasteiger partial charge < -0.3 is 34.9 Å². The molecule has 0 saturated heterocycles. The van der Waals surface area contributed by atoms with Gasteiger partial charge in [0.1, 0.15) is 11.6 Å². The van der Waals surface area contributed by atoms with Crippen molar-refractivity contribution in [1.29, 1.82) is 0 Å². The highest BCUT2D eigenvalue weighted by molar-refractivity contribution is 7.88. The number of rotatable bonds is 13. The fourth-order valence-electron chi connectivity index (χ4n) is 9.57. The van der Waals surface area contributed by atoms with Crippen molar-refractivity contribution in [2.24, 2.45) is 0 Å². The summed E-state index contributed by atoms with van der Waals surface area (Å²) in [6.45, 7) is 1.99. The number of carbonyl (C=O) groups is 3. The minimum Gasteiger partial charge on any atom is -0.395 e. The van der Waals surface area contributed by atoms with E-state index in [1.807, 2.05) is 103 Å². The first-order valence-electron chi connectivity index (χ1n) is 24.3. The van der Waals surface area contributed by atoms with Crippen molar-refractivity contribution < 1.29 is 59.3 Å². The number of ether oxygens (including phenoxy) is 4. The molecule has 0 radical (unpaired) electrons. The lowest BCUT2D eigenvalue weighted by Crippen LogP contribution is -2.28. The number of aromatic nitrogens is 2. The first kappa shape index (κ1) is 50.5. The van der Waals surface area contributed by atoms with E-state index in [4.69, 9.17) is 9.97 Å². The van der Waals surface area contributed by atoms with Crippen LogP contribution in [0.4, 0.5) is 29.2 Å². The van der Waals surface area contributed by atoms with Gasteiger partial charge in [0.2, 0.25) is 27.7 Å². The molecule has 2 aromatic heterocycles. The molecule has 3 amide bonds. The average Bonchev–Trinajstić information content (AvgIpc) is 4.37. The zero-order valence-electron chi connectivity index (χ0n) is 41.1. The SMILES string of the molecule is CC(=O)NCc1cccc(-c2nc(NC(=O)C3(c4ccc5c(c4)OC(F)(F)O5)CC3)cc3ccccc23)c1.CS(=O)(=O)NCc1cccc(-c2nc(NC(=O)C3(c4ccc5c(c4)OC(F)(F)O5)CC3)cc3ccccc23)c1. The number of anilines is 2. The van der Waals surface area contributed by atoms with E-state index in [2.05, 4.69) is 39.6 Å². The number of hydrogen-bond donors (Lipinski definition) is 4. The third-order valence-corrected chi connectivity index (χ3v) is 14.4. The molecule has 20 heteroatoms. The van der Waals surface area contributed by atoms with Crippen LogP contribution in [0.25, 0.3) is 44.1 Å². The Morgan fingerprint density at radius 1 is 0.532 bits per heavy atom. The van der Waals surface area contributed by atoms with Gasteiger partial charge in [0.15, 0.2) is 23.0 Å². The fraction of sp³-hybridized carbons (Fsp3) is 0.211. The van der Waals surface area contributed by atoms with E-state index in [1.165, 1.54) is 31.2 Å². The average molecular weight is 1070 g/mol. The van der Waals surface area contributed by atoms with E-state index >= 15 is 0 Å². The van der Waals surface area contributed by atoms with Crippen LogP contribution >= 0.6 is 0 Å². The van der Waals surface area contributed by atoms with Crippen LogP contribution in [0.3, 0.4) is 0 Å². The number of pyridine rings is 2. The van der Waals surface area contributed by atoms with Crippen molar-refractivity contribution >= 4 is 60.9 Å². The maximum atomic E-state index is 13.5. The predicted molar refractivity (Wildman–Crippen MR) is 278 cm³/mol. The molecule has 6 aromatic carbocycles. The number of sulfonamides is 1. The molecule has 2 aliphatic heterocycles. The van der Waals surface area contributed by atoms with Crippen molar-refractivity contribution in [3.8, 4) is 45.5 Å². The van der Waals surface area contributed by atoms with Gasteiger partial charge in [0.25, 0.3) is 0 Å². The monoisotopic (exact) mass is 1070 g/mol. The quantitative estimate of drug-likeness (QED) is 0.0802. The van der Waals surface area contributed by atoms with Crippen molar-refractivity contribution in [2.45, 2.75) is 69.1 Å². The van der Waals surface area contributed by atoms with E-state index in [0.717, 1.165) is 50.1 Å². The Bertz CT molecular complexity index is 3830. The van der Waals surface area contributed by atoms with Crippen molar-refractivity contribution in [3.05, 3.63) is 168 Å². The topological polar surface area (TPSA) is 196 Å². The van der Waals surface area contributed by atoms with Gasteiger partial charge in [-0.15, -0.1) is 17.6 Å². The van der Waals surface area contributed by atoms with Gasteiger partial charge in [0, 0.05) is 41.9 Å². The Balaban J connectivity index is 0.000000164. The molecule has 4 heterocycles. The molecule has 0 unspecified atom stereocenters. The van der Waals surface area contributed by atoms with Crippen LogP contribution in [0.1, 0.15) is 54.9 Å². The van der Waals surface area contributed by atoms with E-state index < -0.39 is 33.4 Å². The Morgan fingerprint density at radius 3 is 1.39 bits per heavy atom. The third kappa shape index (κ3) is 10.7. The molecule has 2 aliphatic carbocycles. The highest BCUT2D eigenvalue weighted by Crippen LogP contribution is 2.54. The van der Waals surface area contributed by atoms with Crippen molar-refractivity contribution in [3.63, 3.8) is 0 Å². The second kappa shape index (κ2) is 19.2. The third-order valence-electron chi connectivity index (χ3n) is 13.7. The summed E-state index contributed by atoms with van der Waals surface area (Å²) in [6.07, 6.45) is -4.12. The summed E-state index contributed by atoms with van der Waals surface area (Å²) in [5.74, 6) is -0.282. The predicted octanol–water partition coefficient (Wildman–Crippen LogP) is 10.5. The number of fused-ring (bicyclic) bond motifs is 4. The highest BCUT2D eigenvalue weighted by atomic mass is 32.2. The standard InChI is InChI=1S/C29H23F2N3O4.C28H23F2N3O5S/c1-17(35)32-16-18-5-4-7-20(13-18)26-22-8-3-2-6-19(22)14-25(33-26)34-27(36)28(11-12-28)21-9-10-23-24(15-21)38-29(30,31)37-23;1-39(35,36)31-16-17-5-4-7-19(13-17)25-21-8-3-2-6-18(21)14-24(32-25)33-26(34)27(11-12-27)20-9-10-22-23(15-20)38-28(29,30)37-22/h2-10,13-15H,11-12,16H2,1H3,(H,32,35)(H,33,34,36);2-10,13-15,31H,11-12,16H2,1H3,(H,32,33,34). The van der Waals surface area contributed by atoms with E-state index in [1.54, 1.807) is 18.2 Å². The molecule has 392 valence electrons. The van der Waals surface area contributed by atoms with E-state index in [-0.39, 0.29) is 47.3 Å². The molecule has 4 N–H and O–H groups in total. The lowest BCUT2D eigenvalue weighted by atomic mass is 9.94. The molecule has 2 fully saturated rings. The molecule has 2 saturated carbocycles. The number of carbonyl (C=O) groups excluding carboxylic acids is 3. The summed E-state index contributed by atoms with van der Waals surface area (Å²) < 4.78 is 97.6. The van der Waals surface area contributed by atoms with Crippen LogP contribution in [0, 0.1) is 0 Å². The minimum atomic E-state index is -3.73. The van der Waals surface area contributed by atoms with Gasteiger partial charge in [-0.1, -0.05) is 97.1 Å². The Morgan fingerprint density at radius 2 is 0.961 bits per heavy atom. The lowest BCUT2D eigenvalue weighted by Gasteiger charge is -2.17. The summed E-state index contributed by atoms with van der Waals surface area (Å²) in [4.78, 5) is 47.9. The molecule has 77 heavy (non-hydrogen) atoms. The first-order valence-corrected chi connectivity index (χ1v) is 26.2. The maximum absolute atomic E-state index is 13.5. The van der Waals surface area contributed by atoms with E-state index in [9.17, 15) is 40.4 Å². The van der Waals surface area contributed by atoms with Gasteiger partial charge in [-0.05, 0) is 107 Å². The number of benzene rings is 6. The number of alkyl halides is 4. The minimum absolute atomic E-state index is 0.0588. The Kier molecular flexibility index (Phi) is 12.6. The highest BCUT2D eigenvalue weighted by Gasteiger charge is 2.54. The second-order valence-corrected chi connectivity index (χ2v) is 21.1. The molecule has 8 aromatic rings. The molecule has 0 spiro atoms. The Labute approximate surface area is 438 Å². The number of nitrogens with zero attached hydrogens (tertiary/aromatic N) is 2. The zero-order valence-corrected chi connectivity index (χ0v) is 41.9. The van der Waals surface area contributed by atoms with Crippen LogP contribution < -0.4 is 39.6 Å². The number of nitrogens with one attached hydrogen (secondary N) is 4. The summed E-state index contributed by atoms with van der Waals surface area (Å²) in [7, 11) is -3.36. The fourth-order valence-corrected chi connectivity index (χ4v) is 10.0. The van der Waals surface area contributed by atoms with Crippen LogP contribution in [0.15, 0.2) is 146 Å². The molecule has 4 aliphatic rings. The van der Waals surface area contributed by atoms with Crippen LogP contribution in [-0.2, 0) is 48.3 Å². The second-order valence-electron chi connectivity index (χ2n) is 19.3. The number of hydrogen-bond acceptors (Lipinski definition) is 11. The van der Waals surface area contributed by atoms with Crippen molar-refractivity contribution in [1.82, 2.24) is 20.0 Å². The van der Waals surface area contributed by atoms with Crippen LogP contribution in [-0.4, -0.2) is 55.0 Å². The van der Waals surface area contributed by atoms with Crippen LogP contribution in [0.5, 0.6) is 23.0 Å². The molecule has 15 nitrogen and oxygen atoms in total. The van der Waals surface area contributed by atoms with Gasteiger partial charge in [-0.25, -0.2) is 23.1 Å². The summed E-state index contributed by atoms with van der Waals surface area (Å²) in [5.41, 5.74) is 3.99. The lowest BCUT2D eigenvalue weighted by molar-refractivity contribution is -0.287. The molecular formula is C57H46F4N6O9S. The summed E-state index contributed by atoms with van der Waals surface area (Å²) in [5, 5.41) is 12.2. The smallest absolute Gasteiger partial charge is 0.395 e. The first-order chi connectivity index (χ1) is 36.7. The zero-order chi connectivity index (χ0) is 53.9. The molecule has 0 bridgehead atoms. The summed E-state index contributed by atoms with van der Waals surface area (Å²) in [6, 6.07) is 42.9. The molecule has 0 atom stereocenters. The molecular weight excluding hydrogens is 1020 g/mol. The Hall–Kier alpha value is -8.62. The van der Waals surface area contributed by atoms with Gasteiger partial charge in [0.05, 0.1) is 28.5 Å². The maximum Gasteiger partial charge on any atom is 0.586 e. The van der Waals surface area contributed by atoms with Crippen molar-refractivity contribution in [2.75, 3.05) is 16.9 Å². The normalized spacial score (nSPS) is 16.4. The molecule has 12 rings (SSSR count). The van der Waals surface area contributed by atoms with Gasteiger partial charge in [-0.2, -0.15) is 0 Å². The largest absolute Gasteiger partial charge is 0.586 e. The van der Waals surface area contributed by atoms with Gasteiger partial charge in [-0.3, -0.25) is 14.4 Å². The van der Waals surface area contributed by atoms with Gasteiger partial charge >= 0.3 is 12.6 Å². The number of amides is 3. The summed E-state index contributed by atoms with van der Waals surface area (Å²) >= 11 is 0. The number of halogens is 4.